The monoisotopic (exact) mass is 1660 g/mol. The van der Waals surface area contributed by atoms with E-state index < -0.39 is 28.9 Å². The van der Waals surface area contributed by atoms with Crippen LogP contribution in [0.15, 0.2) is 166 Å². The van der Waals surface area contributed by atoms with E-state index in [1.165, 1.54) is 57.0 Å². The Morgan fingerprint density at radius 3 is 1.31 bits per heavy atom. The Labute approximate surface area is 661 Å². The largest absolute Gasteiger partial charge is 0.478 e. The zero-order chi connectivity index (χ0) is 66.4. The van der Waals surface area contributed by atoms with Gasteiger partial charge in [0, 0.05) is 213 Å². The first-order valence-corrected chi connectivity index (χ1v) is 31.8. The van der Waals surface area contributed by atoms with Crippen molar-refractivity contribution in [3.05, 3.63) is 250 Å². The third-order valence-corrected chi connectivity index (χ3v) is 15.4. The van der Waals surface area contributed by atoms with Crippen LogP contribution in [0.3, 0.4) is 0 Å². The van der Waals surface area contributed by atoms with Crippen molar-refractivity contribution in [1.29, 1.82) is 0 Å². The number of amides is 5. The molecule has 3 radical (unpaired) electrons. The number of pyridine rings is 3. The average Bonchev–Trinajstić information content (AvgIpc) is 2.09. The van der Waals surface area contributed by atoms with E-state index in [4.69, 9.17) is 16.7 Å². The molecule has 0 fully saturated rings. The van der Waals surface area contributed by atoms with Crippen LogP contribution >= 0.6 is 73.9 Å². The molecule has 94 heavy (non-hydrogen) atoms. The van der Waals surface area contributed by atoms with Gasteiger partial charge in [-0.15, -0.1) is 52.5 Å². The minimum Gasteiger partial charge on any atom is -0.478 e. The summed E-state index contributed by atoms with van der Waals surface area (Å²) in [6.07, 6.45) is 25.6. The molecule has 0 aromatic carbocycles. The minimum atomic E-state index is -1.04. The number of hydrogen-bond acceptors (Lipinski definition) is 14. The van der Waals surface area contributed by atoms with Crippen molar-refractivity contribution < 1.29 is 137 Å². The Balaban J connectivity index is 0. The second-order valence-corrected chi connectivity index (χ2v) is 23.3. The van der Waals surface area contributed by atoms with Crippen LogP contribution in [0.4, 0.5) is 17.5 Å². The first-order valence-electron chi connectivity index (χ1n) is 28.0. The number of carboxylic acids is 1. The van der Waals surface area contributed by atoms with E-state index >= 15 is 0 Å². The molecule has 26 heteroatoms. The predicted octanol–water partition coefficient (Wildman–Crippen LogP) is 13.7. The fourth-order valence-corrected chi connectivity index (χ4v) is 10.6. The number of thiophene rings is 3. The van der Waals surface area contributed by atoms with Crippen LogP contribution in [0.5, 0.6) is 0 Å². The Hall–Kier alpha value is -5.23. The van der Waals surface area contributed by atoms with Gasteiger partial charge in [-0.05, 0) is 88.4 Å². The van der Waals surface area contributed by atoms with E-state index in [0.29, 0.717) is 46.3 Å². The van der Waals surface area contributed by atoms with Gasteiger partial charge in [0.05, 0.1) is 17.7 Å². The number of carboxylic acid groups (broad SMARTS) is 1. The van der Waals surface area contributed by atoms with E-state index in [9.17, 15) is 33.6 Å². The number of aromatic nitrogens is 3. The summed E-state index contributed by atoms with van der Waals surface area (Å²) in [5.74, 6) is -1.22. The summed E-state index contributed by atoms with van der Waals surface area (Å²) < 4.78 is 0.828. The van der Waals surface area contributed by atoms with Crippen LogP contribution in [-0.4, -0.2) is 110 Å². The quantitative estimate of drug-likeness (QED) is 0.0280. The number of nitrogens with one attached hydrogen (secondary N) is 4. The molecule has 0 bridgehead atoms. The topological polar surface area (TPSA) is 233 Å². The standard InChI is InChI=1S/C21H21N3O2S.C13H15NOS.C11H10N2O3.C10H13NS.C8H7BrN2O.C3H3ClO.C2H6.ClH.3Y/c1-15-12-18(14-22-21(15)23-16(2)25)5-6-20(26)24-9-7-17(8-10-24)13-19-4-3-11-27-19;1-2-13(15)14-7-5-11(6-8-14)10-12-4-3-9-16-12;1-7-5-9(3-4-10(15)16)6-12-11(7)13-8(2)14;1-2-10(12-7-1)8-9-3-5-11-6-4-9;1-5-3-7(9)4-10-8(5)11-6(2)12;1-2-3(4)5;1-2;;;;/h3-7,11-12,14H,1-2,8-10,13H2,(H,22,23,25);2-5,9H,1,6-8,10H2;3-6H,1-2H2,(H,15,16)(H,12,13,14);1-3,7,11H,4-6,8H2;3-4H,1-2H2,(H,10,11,12);2H,1H2;1-2H3;1H;;;/q-2;;-2;;-2;;;;;;/b6-5+;;4-3+;;;;;;;;. The summed E-state index contributed by atoms with van der Waals surface area (Å²) in [7, 11) is 0. The summed E-state index contributed by atoms with van der Waals surface area (Å²) in [5.41, 5.74) is 7.48. The molecule has 5 N–H and O–H groups in total. The van der Waals surface area contributed by atoms with Crippen molar-refractivity contribution in [2.75, 3.05) is 55.2 Å². The second kappa shape index (κ2) is 52.0. The number of carbonyl (C=O) groups is 7. The number of rotatable bonds is 15. The Morgan fingerprint density at radius 2 is 1.00 bits per heavy atom. The van der Waals surface area contributed by atoms with Crippen LogP contribution in [0.1, 0.15) is 75.6 Å². The van der Waals surface area contributed by atoms with E-state index in [2.05, 4.69) is 178 Å². The van der Waals surface area contributed by atoms with E-state index in [0.717, 1.165) is 80.6 Å². The summed E-state index contributed by atoms with van der Waals surface area (Å²) in [5, 5.41) is 24.9. The number of halogens is 3. The molecular weight excluding hydrogens is 1580 g/mol. The van der Waals surface area contributed by atoms with Gasteiger partial charge in [0.15, 0.2) is 0 Å². The first-order chi connectivity index (χ1) is 43.1. The molecule has 3 aliphatic heterocycles. The van der Waals surface area contributed by atoms with Crippen LogP contribution in [-0.2, 0) is 151 Å². The summed E-state index contributed by atoms with van der Waals surface area (Å²) in [4.78, 5) is 95.6. The number of nitrogens with zero attached hydrogens (tertiary/aromatic N) is 5. The third-order valence-electron chi connectivity index (χ3n) is 12.2. The molecule has 6 aromatic heterocycles. The maximum Gasteiger partial charge on any atom is 0.328 e. The molecule has 0 atom stereocenters. The molecule has 6 aromatic rings. The number of hydrogen-bond donors (Lipinski definition) is 5. The van der Waals surface area contributed by atoms with Crippen LogP contribution < -0.4 is 21.3 Å². The minimum absolute atomic E-state index is 0. The van der Waals surface area contributed by atoms with Gasteiger partial charge in [-0.2, -0.15) is 49.6 Å². The SMILES string of the molecule is C1=C(Cc2cccs2)CCNC1.C=CC(=O)Cl.C=CC(=O)N1CC=C(Cc2cccs2)CC1.CC.Cl.[CH2-]C(=O)Nc1ncc(/C=C/C(=O)N2CC=C(Cc3cccs3)CC2)cc1[CH2-].[CH2-]C(=O)Nc1ncc(/C=C/C(=O)O)cc1[CH2-].[CH2-]C(=O)Nc1ncc(Br)cc1[CH2-].[Y].[Y].[Y]. The average molecular weight is 1660 g/mol. The molecule has 17 nitrogen and oxygen atoms in total. The summed E-state index contributed by atoms with van der Waals surface area (Å²) in [6.45, 7) is 36.5. The number of anilines is 3. The fourth-order valence-electron chi connectivity index (χ4n) is 7.91. The number of aliphatic carboxylic acids is 1. The van der Waals surface area contributed by atoms with Gasteiger partial charge in [0.2, 0.25) is 17.1 Å². The van der Waals surface area contributed by atoms with E-state index in [1.807, 2.05) is 35.0 Å². The van der Waals surface area contributed by atoms with Crippen molar-refractivity contribution in [3.8, 4) is 0 Å². The summed E-state index contributed by atoms with van der Waals surface area (Å²) in [6, 6.07) is 17.9. The smallest absolute Gasteiger partial charge is 0.328 e. The maximum atomic E-state index is 12.4. The molecular formula is C68H76BrCl2N9O8S3Y3-6. The van der Waals surface area contributed by atoms with Gasteiger partial charge in [-0.25, -0.2) is 4.79 Å². The second-order valence-electron chi connectivity index (χ2n) is 19.0. The predicted molar refractivity (Wildman–Crippen MR) is 380 cm³/mol. The number of carbonyl (C=O) groups excluding carboxylic acids is 6. The Kier molecular flexibility index (Phi) is 50.2. The molecule has 0 saturated carbocycles. The molecule has 0 saturated heterocycles. The van der Waals surface area contributed by atoms with Gasteiger partial charge in [0.25, 0.3) is 0 Å². The van der Waals surface area contributed by atoms with Crippen LogP contribution in [0.2, 0.25) is 0 Å². The molecule has 495 valence electrons. The first kappa shape index (κ1) is 90.8. The number of allylic oxidation sites excluding steroid dienone is 1. The zero-order valence-electron chi connectivity index (χ0n) is 52.7. The molecule has 9 rings (SSSR count). The van der Waals surface area contributed by atoms with Gasteiger partial charge in [-0.1, -0.05) is 119 Å². The maximum absolute atomic E-state index is 12.4. The molecule has 9 heterocycles. The van der Waals surface area contributed by atoms with E-state index in [-0.39, 0.29) is 122 Å². The molecule has 0 unspecified atom stereocenters. The van der Waals surface area contributed by atoms with Crippen molar-refractivity contribution in [2.45, 2.75) is 52.4 Å². The molecule has 0 spiro atoms. The van der Waals surface area contributed by atoms with Crippen molar-refractivity contribution in [2.24, 2.45) is 0 Å². The molecule has 3 aliphatic rings. The molecule has 0 aliphatic carbocycles. The fraction of sp³-hybridized carbons (Fsp3) is 0.206. The Bertz CT molecular complexity index is 3500. The zero-order valence-corrected chi connectivity index (χ0v) is 66.8. The van der Waals surface area contributed by atoms with Gasteiger partial charge in [0.1, 0.15) is 0 Å². The van der Waals surface area contributed by atoms with E-state index in [1.54, 1.807) is 71.0 Å². The normalized spacial score (nSPS) is 12.4. The van der Waals surface area contributed by atoms with Gasteiger partial charge < -0.3 is 86.3 Å². The van der Waals surface area contributed by atoms with Crippen molar-refractivity contribution in [3.63, 3.8) is 0 Å². The Morgan fingerprint density at radius 1 is 0.617 bits per heavy atom. The van der Waals surface area contributed by atoms with Crippen LogP contribution in [0, 0.1) is 41.5 Å². The third kappa shape index (κ3) is 38.5. The van der Waals surface area contributed by atoms with Crippen molar-refractivity contribution >= 4 is 144 Å². The van der Waals surface area contributed by atoms with Gasteiger partial charge in [-0.3, -0.25) is 14.4 Å². The van der Waals surface area contributed by atoms with Gasteiger partial charge >= 0.3 is 5.97 Å². The molecule has 5 amide bonds. The van der Waals surface area contributed by atoms with Crippen molar-refractivity contribution in [1.82, 2.24) is 30.1 Å². The summed E-state index contributed by atoms with van der Waals surface area (Å²) >= 11 is 13.3. The van der Waals surface area contributed by atoms with Crippen LogP contribution in [0.25, 0.3) is 12.2 Å².